The van der Waals surface area contributed by atoms with E-state index in [-0.39, 0.29) is 29.5 Å². The number of rotatable bonds is 9. The van der Waals surface area contributed by atoms with E-state index in [1.54, 1.807) is 30.9 Å². The summed E-state index contributed by atoms with van der Waals surface area (Å²) >= 11 is 0. The van der Waals surface area contributed by atoms with Crippen LogP contribution in [0.15, 0.2) is 0 Å². The fourth-order valence-electron chi connectivity index (χ4n) is 12.6. The van der Waals surface area contributed by atoms with E-state index in [1.165, 1.54) is 89.9 Å². The molecular formula is C81H169N7O7. The fraction of sp³-hybridized carbons (Fsp3) is 0.914. The molecule has 0 atom stereocenters. The van der Waals surface area contributed by atoms with Crippen molar-refractivity contribution in [2.24, 2.45) is 82.9 Å². The molecule has 7 saturated carbocycles. The lowest BCUT2D eigenvalue weighted by molar-refractivity contribution is -0.134. The summed E-state index contributed by atoms with van der Waals surface area (Å²) in [5.41, 5.74) is 0. The van der Waals surface area contributed by atoms with Crippen molar-refractivity contribution >= 4 is 41.4 Å². The van der Waals surface area contributed by atoms with Crippen LogP contribution in [-0.4, -0.2) is 114 Å². The Morgan fingerprint density at radius 2 is 0.368 bits per heavy atom. The van der Waals surface area contributed by atoms with Crippen LogP contribution in [-0.2, 0) is 33.6 Å². The van der Waals surface area contributed by atoms with Gasteiger partial charge < -0.3 is 36.4 Å². The summed E-state index contributed by atoms with van der Waals surface area (Å²) in [4.78, 5) is 82.8. The minimum atomic E-state index is 0.233. The Labute approximate surface area is 592 Å². The largest absolute Gasteiger partial charge is 0.359 e. The number of hydrogen-bond donors (Lipinski definition) is 5. The lowest BCUT2D eigenvalue weighted by Crippen LogP contribution is -2.32. The molecule has 95 heavy (non-hydrogen) atoms. The standard InChI is InChI=1S/4C10H19NO.3C9H17NO.7C2H6/c2*1-8-4-6-9(7-5-8)10(12)11(2)3;2*1-3-11-10(12)9-6-4-8(2)5-7-9;3*1-7-3-5-8(6-4-7)9(11)10-2;7*1-2/h2*8-9H,4-7H2,1-3H3;2*8-9H,3-7H2,1-2H3,(H,11,12);3*7-8H,3-6H2,1-2H3,(H,10,11);7*1-2H3. The quantitative estimate of drug-likeness (QED) is 0.152. The van der Waals surface area contributed by atoms with Gasteiger partial charge in [0.2, 0.25) is 41.4 Å². The van der Waals surface area contributed by atoms with E-state index >= 15 is 0 Å². The molecule has 570 valence electrons. The lowest BCUT2D eigenvalue weighted by Gasteiger charge is -2.27. The zero-order valence-corrected chi connectivity index (χ0v) is 69.0. The highest BCUT2D eigenvalue weighted by atomic mass is 16.2. The molecule has 14 nitrogen and oxygen atoms in total. The zero-order chi connectivity index (χ0) is 75.0. The van der Waals surface area contributed by atoms with E-state index in [0.717, 1.165) is 144 Å². The van der Waals surface area contributed by atoms with Gasteiger partial charge in [0.05, 0.1) is 0 Å². The molecule has 7 aliphatic carbocycles. The molecule has 0 heterocycles. The second-order valence-electron chi connectivity index (χ2n) is 26.8. The van der Waals surface area contributed by atoms with Crippen LogP contribution < -0.4 is 26.6 Å². The minimum Gasteiger partial charge on any atom is -0.359 e. The summed E-state index contributed by atoms with van der Waals surface area (Å²) in [6.07, 6.45) is 32.4. The topological polar surface area (TPSA) is 186 Å². The van der Waals surface area contributed by atoms with Crippen molar-refractivity contribution in [1.82, 2.24) is 36.4 Å². The van der Waals surface area contributed by atoms with Crippen molar-refractivity contribution in [2.45, 2.75) is 339 Å². The Morgan fingerprint density at radius 3 is 0.484 bits per heavy atom. The number of nitrogens with zero attached hydrogens (tertiary/aromatic N) is 2. The second kappa shape index (κ2) is 71.6. The Balaban J connectivity index is -0.000000184. The number of nitrogens with one attached hydrogen (secondary N) is 5. The normalized spacial score (nSPS) is 26.5. The van der Waals surface area contributed by atoms with Gasteiger partial charge in [-0.3, -0.25) is 33.6 Å². The molecule has 14 heteroatoms. The molecule has 0 aromatic heterocycles. The van der Waals surface area contributed by atoms with E-state index in [2.05, 4.69) is 75.1 Å². The maximum atomic E-state index is 11.5. The predicted molar refractivity (Wildman–Crippen MR) is 414 cm³/mol. The van der Waals surface area contributed by atoms with Gasteiger partial charge in [0.1, 0.15) is 0 Å². The highest BCUT2D eigenvalue weighted by Crippen LogP contribution is 2.33. The van der Waals surface area contributed by atoms with Gasteiger partial charge in [0.25, 0.3) is 0 Å². The molecule has 0 aromatic rings. The van der Waals surface area contributed by atoms with E-state index in [0.29, 0.717) is 53.2 Å². The van der Waals surface area contributed by atoms with Gasteiger partial charge in [-0.15, -0.1) is 0 Å². The van der Waals surface area contributed by atoms with Crippen molar-refractivity contribution in [3.63, 3.8) is 0 Å². The van der Waals surface area contributed by atoms with E-state index < -0.39 is 0 Å². The number of hydrogen-bond acceptors (Lipinski definition) is 7. The maximum absolute atomic E-state index is 11.5. The molecule has 5 N–H and O–H groups in total. The van der Waals surface area contributed by atoms with Gasteiger partial charge in [0, 0.05) is 104 Å². The van der Waals surface area contributed by atoms with Crippen molar-refractivity contribution < 1.29 is 33.6 Å². The van der Waals surface area contributed by atoms with Crippen LogP contribution in [0.25, 0.3) is 0 Å². The molecule has 0 aliphatic heterocycles. The van der Waals surface area contributed by atoms with E-state index in [1.807, 2.05) is 139 Å². The maximum Gasteiger partial charge on any atom is 0.225 e. The van der Waals surface area contributed by atoms with Crippen LogP contribution in [0, 0.1) is 82.9 Å². The monoisotopic (exact) mass is 1350 g/mol. The first kappa shape index (κ1) is 105. The van der Waals surface area contributed by atoms with Gasteiger partial charge in [-0.05, 0) is 235 Å². The summed E-state index contributed by atoms with van der Waals surface area (Å²) in [6.45, 7) is 49.4. The first-order valence-electron chi connectivity index (χ1n) is 40.0. The highest BCUT2D eigenvalue weighted by Gasteiger charge is 2.29. The molecule has 0 radical (unpaired) electrons. The number of amides is 7. The highest BCUT2D eigenvalue weighted by molar-refractivity contribution is 5.81. The summed E-state index contributed by atoms with van der Waals surface area (Å²) < 4.78 is 0. The van der Waals surface area contributed by atoms with Crippen LogP contribution in [0.3, 0.4) is 0 Å². The van der Waals surface area contributed by atoms with Crippen LogP contribution >= 0.6 is 0 Å². The van der Waals surface area contributed by atoms with Gasteiger partial charge >= 0.3 is 0 Å². The van der Waals surface area contributed by atoms with Gasteiger partial charge in [-0.25, -0.2) is 0 Å². The molecular weight excluding hydrogens is 1180 g/mol. The zero-order valence-electron chi connectivity index (χ0n) is 69.0. The summed E-state index contributed by atoms with van der Waals surface area (Å²) in [5.74, 6) is 9.84. The van der Waals surface area contributed by atoms with Crippen molar-refractivity contribution in [3.8, 4) is 0 Å². The molecule has 0 bridgehead atoms. The predicted octanol–water partition coefficient (Wildman–Crippen LogP) is 19.6. The smallest absolute Gasteiger partial charge is 0.225 e. The molecule has 0 unspecified atom stereocenters. The van der Waals surface area contributed by atoms with Crippen LogP contribution in [0.1, 0.15) is 339 Å². The Kier molecular flexibility index (Phi) is 78.9. The summed E-state index contributed by atoms with van der Waals surface area (Å²) in [5, 5.41) is 13.9. The summed E-state index contributed by atoms with van der Waals surface area (Å²) in [7, 11) is 12.6. The molecule has 0 spiro atoms. The number of carbonyl (C=O) groups is 7. The van der Waals surface area contributed by atoms with Gasteiger partial charge in [-0.2, -0.15) is 0 Å². The third-order valence-electron chi connectivity index (χ3n) is 19.0. The average Bonchev–Trinajstić information content (AvgIpc) is 2.37. The molecule has 0 aromatic carbocycles. The van der Waals surface area contributed by atoms with Crippen LogP contribution in [0.2, 0.25) is 0 Å². The average molecular weight is 1350 g/mol. The van der Waals surface area contributed by atoms with Crippen LogP contribution in [0.4, 0.5) is 0 Å². The molecule has 7 amide bonds. The molecule has 7 fully saturated rings. The Morgan fingerprint density at radius 1 is 0.242 bits per heavy atom. The first-order chi connectivity index (χ1) is 45.4. The third-order valence-corrected chi connectivity index (χ3v) is 19.0. The van der Waals surface area contributed by atoms with Gasteiger partial charge in [0.15, 0.2) is 0 Å². The van der Waals surface area contributed by atoms with E-state index in [4.69, 9.17) is 0 Å². The van der Waals surface area contributed by atoms with Crippen molar-refractivity contribution in [3.05, 3.63) is 0 Å². The first-order valence-corrected chi connectivity index (χ1v) is 40.0. The third kappa shape index (κ3) is 53.9. The second-order valence-corrected chi connectivity index (χ2v) is 26.8. The van der Waals surface area contributed by atoms with Crippen molar-refractivity contribution in [2.75, 3.05) is 62.4 Å². The van der Waals surface area contributed by atoms with Crippen molar-refractivity contribution in [1.29, 1.82) is 0 Å². The molecule has 0 saturated heterocycles. The fourth-order valence-corrected chi connectivity index (χ4v) is 12.6. The minimum absolute atomic E-state index is 0.233. The molecule has 7 aliphatic rings. The summed E-state index contributed by atoms with van der Waals surface area (Å²) in [6, 6.07) is 0. The van der Waals surface area contributed by atoms with E-state index in [9.17, 15) is 33.6 Å². The Bertz CT molecular complexity index is 1570. The molecule has 7 rings (SSSR count). The SMILES string of the molecule is CC.CC.CC.CC.CC.CC.CC.CC1CCC(C(=O)N(C)C)CC1.CC1CCC(C(=O)N(C)C)CC1.CCNC(=O)C1CCC(C)CC1.CCNC(=O)C1CCC(C)CC1.CNC(=O)C1CCC(C)CC1.CNC(=O)C1CCC(C)CC1.CNC(=O)C1CCC(C)CC1. The van der Waals surface area contributed by atoms with Gasteiger partial charge in [-0.1, -0.05) is 145 Å². The van der Waals surface area contributed by atoms with Crippen LogP contribution in [0.5, 0.6) is 0 Å². The lowest BCUT2D eigenvalue weighted by atomic mass is 9.82. The number of carbonyl (C=O) groups excluding carboxylic acids is 7. The Hall–Kier alpha value is -3.71.